The van der Waals surface area contributed by atoms with Crippen molar-refractivity contribution in [3.63, 3.8) is 0 Å². The molecule has 0 aromatic carbocycles. The van der Waals surface area contributed by atoms with Gasteiger partial charge in [0.2, 0.25) is 0 Å². The van der Waals surface area contributed by atoms with Gasteiger partial charge in [0.05, 0.1) is 18.6 Å². The molecule has 70 valence electrons. The summed E-state index contributed by atoms with van der Waals surface area (Å²) in [5, 5.41) is 0. The van der Waals surface area contributed by atoms with Crippen LogP contribution in [0.2, 0.25) is 0 Å². The van der Waals surface area contributed by atoms with Crippen molar-refractivity contribution in [2.75, 3.05) is 13.2 Å². The van der Waals surface area contributed by atoms with Gasteiger partial charge in [-0.25, -0.2) is 0 Å². The van der Waals surface area contributed by atoms with Crippen molar-refractivity contribution in [1.29, 1.82) is 0 Å². The van der Waals surface area contributed by atoms with E-state index < -0.39 is 0 Å². The van der Waals surface area contributed by atoms with E-state index in [1.807, 2.05) is 0 Å². The highest BCUT2D eigenvalue weighted by molar-refractivity contribution is 5.83. The fourth-order valence-electron chi connectivity index (χ4n) is 2.20. The molecule has 2 nitrogen and oxygen atoms in total. The highest BCUT2D eigenvalue weighted by Gasteiger charge is 2.45. The van der Waals surface area contributed by atoms with E-state index in [0.717, 1.165) is 19.4 Å². The van der Waals surface area contributed by atoms with Crippen molar-refractivity contribution >= 4 is 5.78 Å². The predicted molar refractivity (Wildman–Crippen MR) is 48.0 cm³/mol. The van der Waals surface area contributed by atoms with Crippen molar-refractivity contribution in [2.24, 2.45) is 11.3 Å². The van der Waals surface area contributed by atoms with Gasteiger partial charge in [-0.15, -0.1) is 0 Å². The van der Waals surface area contributed by atoms with Crippen molar-refractivity contribution in [1.82, 2.24) is 0 Å². The monoisotopic (exact) mass is 170 g/mol. The Labute approximate surface area is 74.3 Å². The summed E-state index contributed by atoms with van der Waals surface area (Å²) < 4.78 is 5.40. The standard InChI is InChI=1S/C10H18O2/c1-4-9-6-12-7-10(9,5-2)8(3)11/h9H,4-7H2,1-3H3. The zero-order chi connectivity index (χ0) is 9.19. The minimum atomic E-state index is -0.158. The van der Waals surface area contributed by atoms with Crippen LogP contribution < -0.4 is 0 Å². The second kappa shape index (κ2) is 3.56. The fraction of sp³-hybridized carbons (Fsp3) is 0.900. The summed E-state index contributed by atoms with van der Waals surface area (Å²) in [5.74, 6) is 0.745. The van der Waals surface area contributed by atoms with Crippen LogP contribution in [0.5, 0.6) is 0 Å². The van der Waals surface area contributed by atoms with Gasteiger partial charge in [-0.1, -0.05) is 20.3 Å². The lowest BCUT2D eigenvalue weighted by atomic mass is 9.72. The molecule has 1 heterocycles. The first-order valence-corrected chi connectivity index (χ1v) is 4.76. The van der Waals surface area contributed by atoms with Gasteiger partial charge in [0.15, 0.2) is 0 Å². The normalized spacial score (nSPS) is 35.4. The van der Waals surface area contributed by atoms with E-state index in [1.165, 1.54) is 0 Å². The molecular formula is C10H18O2. The van der Waals surface area contributed by atoms with Crippen LogP contribution >= 0.6 is 0 Å². The second-order valence-corrected chi connectivity index (χ2v) is 3.69. The molecule has 0 bridgehead atoms. The molecule has 0 spiro atoms. The van der Waals surface area contributed by atoms with Gasteiger partial charge in [0.1, 0.15) is 5.78 Å². The van der Waals surface area contributed by atoms with Gasteiger partial charge in [0, 0.05) is 0 Å². The number of carbonyl (C=O) groups excluding carboxylic acids is 1. The molecule has 0 amide bonds. The summed E-state index contributed by atoms with van der Waals surface area (Å²) in [5.41, 5.74) is -0.158. The number of ketones is 1. The van der Waals surface area contributed by atoms with Gasteiger partial charge in [-0.05, 0) is 19.3 Å². The third-order valence-corrected chi connectivity index (χ3v) is 3.28. The lowest BCUT2D eigenvalue weighted by Gasteiger charge is -2.28. The summed E-state index contributed by atoms with van der Waals surface area (Å²) in [4.78, 5) is 11.5. The lowest BCUT2D eigenvalue weighted by Crippen LogP contribution is -2.35. The quantitative estimate of drug-likeness (QED) is 0.647. The molecule has 0 aromatic heterocycles. The summed E-state index contributed by atoms with van der Waals surface area (Å²) in [6.45, 7) is 7.31. The number of rotatable bonds is 3. The van der Waals surface area contributed by atoms with Crippen LogP contribution in [-0.2, 0) is 9.53 Å². The molecule has 1 aliphatic heterocycles. The van der Waals surface area contributed by atoms with E-state index in [4.69, 9.17) is 4.74 Å². The maximum absolute atomic E-state index is 11.5. The molecule has 12 heavy (non-hydrogen) atoms. The first-order valence-electron chi connectivity index (χ1n) is 4.76. The van der Waals surface area contributed by atoms with E-state index in [-0.39, 0.29) is 5.41 Å². The first-order chi connectivity index (χ1) is 5.67. The molecule has 2 atom stereocenters. The van der Waals surface area contributed by atoms with Gasteiger partial charge in [-0.3, -0.25) is 4.79 Å². The highest BCUT2D eigenvalue weighted by Crippen LogP contribution is 2.40. The molecule has 1 rings (SSSR count). The summed E-state index contributed by atoms with van der Waals surface area (Å²) in [6, 6.07) is 0. The average molecular weight is 170 g/mol. The number of hydrogen-bond donors (Lipinski definition) is 0. The van der Waals surface area contributed by atoms with Crippen LogP contribution in [0.3, 0.4) is 0 Å². The zero-order valence-electron chi connectivity index (χ0n) is 8.22. The Morgan fingerprint density at radius 2 is 2.25 bits per heavy atom. The molecule has 2 heteroatoms. The molecule has 1 fully saturated rings. The molecule has 0 saturated carbocycles. The Hall–Kier alpha value is -0.370. The van der Waals surface area contributed by atoms with Crippen LogP contribution in [0.1, 0.15) is 33.6 Å². The third-order valence-electron chi connectivity index (χ3n) is 3.28. The molecule has 0 radical (unpaired) electrons. The largest absolute Gasteiger partial charge is 0.380 e. The van der Waals surface area contributed by atoms with Crippen molar-refractivity contribution < 1.29 is 9.53 Å². The summed E-state index contributed by atoms with van der Waals surface area (Å²) >= 11 is 0. The van der Waals surface area contributed by atoms with Crippen molar-refractivity contribution in [3.8, 4) is 0 Å². The molecule has 0 N–H and O–H groups in total. The maximum Gasteiger partial charge on any atom is 0.138 e. The minimum Gasteiger partial charge on any atom is -0.380 e. The molecule has 2 unspecified atom stereocenters. The average Bonchev–Trinajstić information content (AvgIpc) is 2.47. The van der Waals surface area contributed by atoms with Crippen LogP contribution in [0.15, 0.2) is 0 Å². The van der Waals surface area contributed by atoms with Gasteiger partial charge in [0.25, 0.3) is 0 Å². The molecule has 0 aliphatic carbocycles. The highest BCUT2D eigenvalue weighted by atomic mass is 16.5. The topological polar surface area (TPSA) is 26.3 Å². The third kappa shape index (κ3) is 1.28. The van der Waals surface area contributed by atoms with Gasteiger partial charge in [-0.2, -0.15) is 0 Å². The van der Waals surface area contributed by atoms with Gasteiger partial charge >= 0.3 is 0 Å². The Morgan fingerprint density at radius 1 is 1.58 bits per heavy atom. The van der Waals surface area contributed by atoms with E-state index in [0.29, 0.717) is 18.3 Å². The molecular weight excluding hydrogens is 152 g/mol. The van der Waals surface area contributed by atoms with Crippen molar-refractivity contribution in [3.05, 3.63) is 0 Å². The van der Waals surface area contributed by atoms with Gasteiger partial charge < -0.3 is 4.74 Å². The Kier molecular flexibility index (Phi) is 2.89. The van der Waals surface area contributed by atoms with E-state index >= 15 is 0 Å². The number of ether oxygens (including phenoxy) is 1. The van der Waals surface area contributed by atoms with Crippen LogP contribution in [0, 0.1) is 11.3 Å². The first kappa shape index (κ1) is 9.72. The van der Waals surface area contributed by atoms with E-state index in [9.17, 15) is 4.79 Å². The number of carbonyl (C=O) groups is 1. The molecule has 1 aliphatic rings. The summed E-state index contributed by atoms with van der Waals surface area (Å²) in [6.07, 6.45) is 1.97. The maximum atomic E-state index is 11.5. The van der Waals surface area contributed by atoms with Crippen LogP contribution in [0.25, 0.3) is 0 Å². The lowest BCUT2D eigenvalue weighted by molar-refractivity contribution is -0.128. The van der Waals surface area contributed by atoms with Crippen LogP contribution in [0.4, 0.5) is 0 Å². The zero-order valence-corrected chi connectivity index (χ0v) is 8.22. The molecule has 0 aromatic rings. The Bertz CT molecular complexity index is 177. The van der Waals surface area contributed by atoms with Crippen LogP contribution in [-0.4, -0.2) is 19.0 Å². The molecule has 1 saturated heterocycles. The summed E-state index contributed by atoms with van der Waals surface area (Å²) in [7, 11) is 0. The Balaban J connectivity index is 2.83. The van der Waals surface area contributed by atoms with E-state index in [1.54, 1.807) is 6.92 Å². The predicted octanol–water partition coefficient (Wildman–Crippen LogP) is 2.03. The number of Topliss-reactive ketones (excluding diaryl/α,β-unsaturated/α-hetero) is 1. The minimum absolute atomic E-state index is 0.158. The smallest absolute Gasteiger partial charge is 0.138 e. The fourth-order valence-corrected chi connectivity index (χ4v) is 2.20. The SMILES string of the molecule is CCC1COCC1(CC)C(C)=O. The van der Waals surface area contributed by atoms with E-state index in [2.05, 4.69) is 13.8 Å². The second-order valence-electron chi connectivity index (χ2n) is 3.69. The Morgan fingerprint density at radius 3 is 2.58 bits per heavy atom. The number of hydrogen-bond acceptors (Lipinski definition) is 2. The van der Waals surface area contributed by atoms with Crippen molar-refractivity contribution in [2.45, 2.75) is 33.6 Å².